The van der Waals surface area contributed by atoms with Crippen LogP contribution >= 0.6 is 11.6 Å². The molecule has 0 radical (unpaired) electrons. The van der Waals surface area contributed by atoms with Crippen molar-refractivity contribution in [3.05, 3.63) is 63.9 Å². The standard InChI is InChI=1S/C28H35ClFN3O3/c1-17(11-20-12-24(28(3,4)36)25(29)13-26(20)31-18(2)34)27(35)33-22-9-10-23(33)16-32(15-22)14-19-5-7-21(30)8-6-19/h5-8,12-13,17,22-23,36H,9-11,14-16H2,1-4H3,(H,31,34). The monoisotopic (exact) mass is 515 g/mol. The predicted octanol–water partition coefficient (Wildman–Crippen LogP) is 4.72. The van der Waals surface area contributed by atoms with Crippen molar-refractivity contribution in [3.8, 4) is 0 Å². The molecule has 2 N–H and O–H groups in total. The fourth-order valence-corrected chi connectivity index (χ4v) is 5.96. The minimum Gasteiger partial charge on any atom is -0.386 e. The van der Waals surface area contributed by atoms with Crippen molar-refractivity contribution in [2.24, 2.45) is 5.92 Å². The minimum absolute atomic E-state index is 0.109. The van der Waals surface area contributed by atoms with Crippen molar-refractivity contribution < 1.29 is 19.1 Å². The Morgan fingerprint density at radius 3 is 2.33 bits per heavy atom. The molecule has 8 heteroatoms. The number of fused-ring (bicyclic) bond motifs is 2. The van der Waals surface area contributed by atoms with Gasteiger partial charge in [-0.05, 0) is 68.5 Å². The number of benzene rings is 2. The van der Waals surface area contributed by atoms with Gasteiger partial charge in [-0.3, -0.25) is 14.5 Å². The van der Waals surface area contributed by atoms with E-state index < -0.39 is 5.60 Å². The van der Waals surface area contributed by atoms with Crippen LogP contribution in [0.3, 0.4) is 0 Å². The van der Waals surface area contributed by atoms with Gasteiger partial charge in [-0.25, -0.2) is 4.39 Å². The maximum absolute atomic E-state index is 13.7. The van der Waals surface area contributed by atoms with Gasteiger partial charge in [0.25, 0.3) is 0 Å². The first-order chi connectivity index (χ1) is 16.9. The van der Waals surface area contributed by atoms with Crippen LogP contribution < -0.4 is 5.32 Å². The molecule has 0 aliphatic carbocycles. The van der Waals surface area contributed by atoms with Crippen LogP contribution in [-0.2, 0) is 28.2 Å². The summed E-state index contributed by atoms with van der Waals surface area (Å²) in [5.74, 6) is -0.657. The molecule has 0 aromatic heterocycles. The van der Waals surface area contributed by atoms with Gasteiger partial charge in [0.15, 0.2) is 0 Å². The molecule has 0 spiro atoms. The molecular formula is C28H35ClFN3O3. The van der Waals surface area contributed by atoms with Crippen LogP contribution in [0.25, 0.3) is 0 Å². The topological polar surface area (TPSA) is 72.9 Å². The van der Waals surface area contributed by atoms with Crippen molar-refractivity contribution in [3.63, 3.8) is 0 Å². The maximum atomic E-state index is 13.7. The molecular weight excluding hydrogens is 481 g/mol. The highest BCUT2D eigenvalue weighted by atomic mass is 35.5. The number of rotatable bonds is 7. The largest absolute Gasteiger partial charge is 0.386 e. The lowest BCUT2D eigenvalue weighted by Crippen LogP contribution is -2.56. The third-order valence-electron chi connectivity index (χ3n) is 7.24. The van der Waals surface area contributed by atoms with E-state index in [-0.39, 0.29) is 35.6 Å². The molecule has 36 heavy (non-hydrogen) atoms. The number of hydrogen-bond donors (Lipinski definition) is 2. The molecule has 2 aliphatic heterocycles. The molecule has 2 bridgehead atoms. The van der Waals surface area contributed by atoms with E-state index in [1.807, 2.05) is 19.1 Å². The number of aliphatic hydroxyl groups is 1. The van der Waals surface area contributed by atoms with Gasteiger partial charge in [0.2, 0.25) is 11.8 Å². The van der Waals surface area contributed by atoms with Gasteiger partial charge in [-0.15, -0.1) is 0 Å². The van der Waals surface area contributed by atoms with Crippen LogP contribution in [0.4, 0.5) is 10.1 Å². The first kappa shape index (κ1) is 26.6. The summed E-state index contributed by atoms with van der Waals surface area (Å²) in [5.41, 5.74) is 1.80. The minimum atomic E-state index is -1.16. The van der Waals surface area contributed by atoms with Crippen LogP contribution in [-0.4, -0.2) is 51.9 Å². The first-order valence-corrected chi connectivity index (χ1v) is 12.9. The summed E-state index contributed by atoms with van der Waals surface area (Å²) in [6.07, 6.45) is 2.37. The third-order valence-corrected chi connectivity index (χ3v) is 7.55. The summed E-state index contributed by atoms with van der Waals surface area (Å²) in [5, 5.41) is 13.7. The molecule has 2 fully saturated rings. The van der Waals surface area contributed by atoms with Crippen LogP contribution in [0.15, 0.2) is 36.4 Å². The fourth-order valence-electron chi connectivity index (χ4n) is 5.56. The van der Waals surface area contributed by atoms with Gasteiger partial charge in [0.1, 0.15) is 5.82 Å². The van der Waals surface area contributed by atoms with Gasteiger partial charge in [0, 0.05) is 60.8 Å². The maximum Gasteiger partial charge on any atom is 0.226 e. The zero-order valence-corrected chi connectivity index (χ0v) is 22.1. The number of carbonyl (C=O) groups excluding carboxylic acids is 2. The van der Waals surface area contributed by atoms with E-state index in [1.165, 1.54) is 19.1 Å². The van der Waals surface area contributed by atoms with E-state index >= 15 is 0 Å². The van der Waals surface area contributed by atoms with Crippen LogP contribution in [0.2, 0.25) is 5.02 Å². The third kappa shape index (κ3) is 5.90. The second-order valence-electron chi connectivity index (χ2n) is 10.8. The van der Waals surface area contributed by atoms with E-state index in [0.717, 1.165) is 43.6 Å². The van der Waals surface area contributed by atoms with E-state index in [1.54, 1.807) is 26.0 Å². The second-order valence-corrected chi connectivity index (χ2v) is 11.2. The molecule has 2 heterocycles. The van der Waals surface area contributed by atoms with Crippen molar-refractivity contribution in [1.82, 2.24) is 9.80 Å². The Morgan fingerprint density at radius 1 is 1.17 bits per heavy atom. The van der Waals surface area contributed by atoms with Crippen molar-refractivity contribution >= 4 is 29.1 Å². The number of amides is 2. The van der Waals surface area contributed by atoms with Gasteiger partial charge >= 0.3 is 0 Å². The van der Waals surface area contributed by atoms with Crippen molar-refractivity contribution in [1.29, 1.82) is 0 Å². The Hall–Kier alpha value is -2.48. The molecule has 6 nitrogen and oxygen atoms in total. The lowest BCUT2D eigenvalue weighted by atomic mass is 9.91. The molecule has 3 atom stereocenters. The van der Waals surface area contributed by atoms with Crippen LogP contribution in [0.1, 0.15) is 57.2 Å². The van der Waals surface area contributed by atoms with Gasteiger partial charge in [-0.2, -0.15) is 0 Å². The van der Waals surface area contributed by atoms with Crippen molar-refractivity contribution in [2.75, 3.05) is 18.4 Å². The molecule has 2 saturated heterocycles. The van der Waals surface area contributed by atoms with Gasteiger partial charge in [-0.1, -0.05) is 30.7 Å². The smallest absolute Gasteiger partial charge is 0.226 e. The Labute approximate surface area is 217 Å². The van der Waals surface area contributed by atoms with E-state index in [0.29, 0.717) is 22.7 Å². The van der Waals surface area contributed by atoms with E-state index in [4.69, 9.17) is 11.6 Å². The summed E-state index contributed by atoms with van der Waals surface area (Å²) >= 11 is 6.41. The Morgan fingerprint density at radius 2 is 1.78 bits per heavy atom. The zero-order valence-electron chi connectivity index (χ0n) is 21.4. The first-order valence-electron chi connectivity index (χ1n) is 12.5. The van der Waals surface area contributed by atoms with E-state index in [2.05, 4.69) is 15.1 Å². The number of anilines is 1. The average molecular weight is 516 g/mol. The van der Waals surface area contributed by atoms with Crippen LogP contribution in [0, 0.1) is 11.7 Å². The molecule has 4 rings (SSSR count). The Bertz CT molecular complexity index is 1120. The van der Waals surface area contributed by atoms with Crippen molar-refractivity contribution in [2.45, 2.75) is 71.2 Å². The zero-order chi connectivity index (χ0) is 26.2. The molecule has 0 saturated carbocycles. The summed E-state index contributed by atoms with van der Waals surface area (Å²) in [7, 11) is 0. The normalized spacial score (nSPS) is 20.9. The van der Waals surface area contributed by atoms with Gasteiger partial charge in [0.05, 0.1) is 5.60 Å². The summed E-state index contributed by atoms with van der Waals surface area (Å²) in [4.78, 5) is 29.9. The predicted molar refractivity (Wildman–Crippen MR) is 139 cm³/mol. The second kappa shape index (κ2) is 10.5. The SMILES string of the molecule is CC(=O)Nc1cc(Cl)c(C(C)(C)O)cc1CC(C)C(=O)N1C2CCC1CN(Cc1ccc(F)cc1)C2. The number of piperazine rings is 1. The number of nitrogens with one attached hydrogen (secondary N) is 1. The fraction of sp³-hybridized carbons (Fsp3) is 0.500. The number of likely N-dealkylation sites (tertiary alicyclic amines) is 1. The molecule has 3 unspecified atom stereocenters. The van der Waals surface area contributed by atoms with E-state index in [9.17, 15) is 19.1 Å². The molecule has 194 valence electrons. The molecule has 2 aromatic carbocycles. The lowest BCUT2D eigenvalue weighted by Gasteiger charge is -2.42. The summed E-state index contributed by atoms with van der Waals surface area (Å²) in [6, 6.07) is 10.4. The van der Waals surface area contributed by atoms with Gasteiger partial charge < -0.3 is 15.3 Å². The highest BCUT2D eigenvalue weighted by Gasteiger charge is 2.43. The Balaban J connectivity index is 1.48. The number of halogens is 2. The average Bonchev–Trinajstić information content (AvgIpc) is 3.05. The molecule has 2 amide bonds. The number of carbonyl (C=O) groups is 2. The Kier molecular flexibility index (Phi) is 7.74. The highest BCUT2D eigenvalue weighted by molar-refractivity contribution is 6.31. The summed E-state index contributed by atoms with van der Waals surface area (Å²) in [6.45, 7) is 9.01. The number of nitrogens with zero attached hydrogens (tertiary/aromatic N) is 2. The number of hydrogen-bond acceptors (Lipinski definition) is 4. The highest BCUT2D eigenvalue weighted by Crippen LogP contribution is 2.36. The quantitative estimate of drug-likeness (QED) is 0.559. The summed E-state index contributed by atoms with van der Waals surface area (Å²) < 4.78 is 13.3. The van der Waals surface area contributed by atoms with Crippen LogP contribution in [0.5, 0.6) is 0 Å². The molecule has 2 aliphatic rings. The molecule has 2 aromatic rings. The lowest BCUT2D eigenvalue weighted by molar-refractivity contribution is -0.141.